The summed E-state index contributed by atoms with van der Waals surface area (Å²) in [7, 11) is 0. The Kier molecular flexibility index (Phi) is 3.36. The highest BCUT2D eigenvalue weighted by atomic mass is 19.3. The molecule has 7 heteroatoms. The predicted octanol–water partition coefficient (Wildman–Crippen LogP) is 2.07. The van der Waals surface area contributed by atoms with Crippen molar-refractivity contribution < 1.29 is 13.5 Å². The Balaban J connectivity index is 1.99. The van der Waals surface area contributed by atoms with Gasteiger partial charge in [0.25, 0.3) is 0 Å². The van der Waals surface area contributed by atoms with Crippen LogP contribution in [0.1, 0.15) is 19.3 Å². The van der Waals surface area contributed by atoms with Crippen molar-refractivity contribution in [2.24, 2.45) is 0 Å². The summed E-state index contributed by atoms with van der Waals surface area (Å²) in [5.41, 5.74) is 0. The van der Waals surface area contributed by atoms with Gasteiger partial charge in [-0.15, -0.1) is 0 Å². The highest BCUT2D eigenvalue weighted by Gasteiger charge is 2.11. The molecule has 0 aliphatic heterocycles. The van der Waals surface area contributed by atoms with Crippen molar-refractivity contribution in [1.29, 1.82) is 0 Å². The van der Waals surface area contributed by atoms with E-state index in [1.165, 1.54) is 12.4 Å². The maximum absolute atomic E-state index is 12.5. The monoisotopic (exact) mass is 242 g/mol. The Bertz CT molecular complexity index is 480. The van der Waals surface area contributed by atoms with E-state index in [1.807, 2.05) is 6.92 Å². The van der Waals surface area contributed by atoms with E-state index < -0.39 is 6.55 Å². The summed E-state index contributed by atoms with van der Waals surface area (Å²) >= 11 is 0. The van der Waals surface area contributed by atoms with Crippen molar-refractivity contribution in [3.8, 4) is 5.75 Å². The maximum Gasteiger partial charge on any atom is 0.320 e. The minimum atomic E-state index is -2.60. The Hall–Kier alpha value is -1.92. The fourth-order valence-electron chi connectivity index (χ4n) is 1.37. The van der Waals surface area contributed by atoms with E-state index >= 15 is 0 Å². The van der Waals surface area contributed by atoms with Crippen molar-refractivity contribution >= 4 is 0 Å². The molecule has 0 N–H and O–H groups in total. The van der Waals surface area contributed by atoms with Gasteiger partial charge in [0.05, 0.1) is 12.4 Å². The van der Waals surface area contributed by atoms with E-state index in [9.17, 15) is 8.78 Å². The molecule has 92 valence electrons. The quantitative estimate of drug-likeness (QED) is 0.806. The molecule has 0 atom stereocenters. The average Bonchev–Trinajstić information content (AvgIpc) is 2.95. The molecule has 0 aromatic carbocycles. The number of hydrogen-bond donors (Lipinski definition) is 0. The molecule has 0 amide bonds. The number of hydrogen-bond acceptors (Lipinski definition) is 3. The second-order valence-electron chi connectivity index (χ2n) is 3.35. The lowest BCUT2D eigenvalue weighted by atomic mass is 10.6. The van der Waals surface area contributed by atoms with Gasteiger partial charge in [0, 0.05) is 18.9 Å². The van der Waals surface area contributed by atoms with Crippen LogP contribution < -0.4 is 4.74 Å². The molecule has 2 rings (SSSR count). The zero-order valence-electron chi connectivity index (χ0n) is 9.25. The molecular formula is C10H12F2N4O. The van der Waals surface area contributed by atoms with Gasteiger partial charge >= 0.3 is 6.55 Å². The summed E-state index contributed by atoms with van der Waals surface area (Å²) in [6, 6.07) is 0. The molecule has 0 bridgehead atoms. The van der Waals surface area contributed by atoms with Crippen molar-refractivity contribution in [1.82, 2.24) is 19.3 Å². The van der Waals surface area contributed by atoms with Crippen LogP contribution in [0, 0.1) is 0 Å². The fraction of sp³-hybridized carbons (Fsp3) is 0.400. The molecule has 0 fully saturated rings. The molecule has 0 saturated heterocycles. The largest absolute Gasteiger partial charge is 0.482 e. The number of aryl methyl sites for hydroxylation is 1. The normalized spacial score (nSPS) is 11.1. The zero-order valence-corrected chi connectivity index (χ0v) is 9.25. The first-order chi connectivity index (χ1) is 8.20. The number of rotatable bonds is 5. The summed E-state index contributed by atoms with van der Waals surface area (Å²) in [6.07, 6.45) is 5.79. The fourth-order valence-corrected chi connectivity index (χ4v) is 1.37. The van der Waals surface area contributed by atoms with E-state index in [4.69, 9.17) is 4.74 Å². The first kappa shape index (κ1) is 11.6. The van der Waals surface area contributed by atoms with Crippen LogP contribution in [0.5, 0.6) is 5.75 Å². The summed E-state index contributed by atoms with van der Waals surface area (Å²) < 4.78 is 32.8. The number of nitrogens with zero attached hydrogens (tertiary/aromatic N) is 4. The molecule has 0 spiro atoms. The summed E-state index contributed by atoms with van der Waals surface area (Å²) in [4.78, 5) is 3.81. The second kappa shape index (κ2) is 4.94. The third kappa shape index (κ3) is 2.61. The van der Waals surface area contributed by atoms with Crippen LogP contribution in [0.3, 0.4) is 0 Å². The molecule has 2 heterocycles. The zero-order chi connectivity index (χ0) is 12.3. The van der Waals surface area contributed by atoms with Gasteiger partial charge in [-0.2, -0.15) is 13.9 Å². The summed E-state index contributed by atoms with van der Waals surface area (Å²) in [5.74, 6) is 0.722. The van der Waals surface area contributed by atoms with Gasteiger partial charge in [-0.1, -0.05) is 0 Å². The number of halogens is 2. The minimum absolute atomic E-state index is 0.00719. The van der Waals surface area contributed by atoms with Gasteiger partial charge in [-0.25, -0.2) is 4.98 Å². The molecular weight excluding hydrogens is 230 g/mol. The van der Waals surface area contributed by atoms with Gasteiger partial charge in [0.2, 0.25) is 0 Å². The van der Waals surface area contributed by atoms with E-state index in [2.05, 4.69) is 10.1 Å². The summed E-state index contributed by atoms with van der Waals surface area (Å²) in [6.45, 7) is 0.0664. The highest BCUT2D eigenvalue weighted by Crippen LogP contribution is 2.15. The van der Waals surface area contributed by atoms with Gasteiger partial charge in [0.1, 0.15) is 6.61 Å². The molecule has 0 saturated carbocycles. The number of imidazole rings is 1. The lowest BCUT2D eigenvalue weighted by Gasteiger charge is -2.06. The standard InChI is InChI=1S/C10H12F2N4O/c1-2-15-6-8(5-14-15)17-7-9-13-3-4-16(9)10(11)12/h3-6,10H,2,7H2,1H3. The SMILES string of the molecule is CCn1cc(OCc2nccn2C(F)F)cn1. The van der Waals surface area contributed by atoms with Crippen LogP contribution in [-0.2, 0) is 13.2 Å². The molecule has 2 aromatic heterocycles. The number of ether oxygens (including phenoxy) is 1. The van der Waals surface area contributed by atoms with E-state index in [1.54, 1.807) is 17.1 Å². The van der Waals surface area contributed by atoms with Crippen LogP contribution in [-0.4, -0.2) is 19.3 Å². The third-order valence-corrected chi connectivity index (χ3v) is 2.26. The van der Waals surface area contributed by atoms with Crippen molar-refractivity contribution in [3.05, 3.63) is 30.6 Å². The molecule has 17 heavy (non-hydrogen) atoms. The van der Waals surface area contributed by atoms with E-state index in [0.29, 0.717) is 5.75 Å². The molecule has 2 aromatic rings. The summed E-state index contributed by atoms with van der Waals surface area (Å²) in [5, 5.41) is 4.01. The number of aromatic nitrogens is 4. The molecule has 0 unspecified atom stereocenters. The Labute approximate surface area is 96.6 Å². The molecule has 0 aliphatic carbocycles. The average molecular weight is 242 g/mol. The molecule has 5 nitrogen and oxygen atoms in total. The highest BCUT2D eigenvalue weighted by molar-refractivity contribution is 5.12. The Morgan fingerprint density at radius 1 is 1.47 bits per heavy atom. The van der Waals surface area contributed by atoms with Gasteiger partial charge in [-0.05, 0) is 6.92 Å². The number of alkyl halides is 2. The van der Waals surface area contributed by atoms with Crippen molar-refractivity contribution in [3.63, 3.8) is 0 Å². The van der Waals surface area contributed by atoms with Crippen LogP contribution in [0.2, 0.25) is 0 Å². The maximum atomic E-state index is 12.5. The molecule has 0 radical (unpaired) electrons. The van der Waals surface area contributed by atoms with Crippen LogP contribution in [0.25, 0.3) is 0 Å². The van der Waals surface area contributed by atoms with E-state index in [-0.39, 0.29) is 12.4 Å². The van der Waals surface area contributed by atoms with Crippen LogP contribution in [0.15, 0.2) is 24.8 Å². The van der Waals surface area contributed by atoms with Crippen molar-refractivity contribution in [2.45, 2.75) is 26.6 Å². The lowest BCUT2D eigenvalue weighted by Crippen LogP contribution is -2.07. The minimum Gasteiger partial charge on any atom is -0.482 e. The van der Waals surface area contributed by atoms with E-state index in [0.717, 1.165) is 11.1 Å². The van der Waals surface area contributed by atoms with Gasteiger partial charge in [-0.3, -0.25) is 9.25 Å². The van der Waals surface area contributed by atoms with Crippen LogP contribution >= 0.6 is 0 Å². The second-order valence-corrected chi connectivity index (χ2v) is 3.35. The van der Waals surface area contributed by atoms with Gasteiger partial charge in [0.15, 0.2) is 11.6 Å². The Morgan fingerprint density at radius 2 is 2.29 bits per heavy atom. The molecule has 0 aliphatic rings. The smallest absolute Gasteiger partial charge is 0.320 e. The van der Waals surface area contributed by atoms with Gasteiger partial charge < -0.3 is 4.74 Å². The lowest BCUT2D eigenvalue weighted by molar-refractivity contribution is 0.0632. The van der Waals surface area contributed by atoms with Crippen LogP contribution in [0.4, 0.5) is 8.78 Å². The van der Waals surface area contributed by atoms with Crippen molar-refractivity contribution in [2.75, 3.05) is 0 Å². The predicted molar refractivity (Wildman–Crippen MR) is 55.7 cm³/mol. The third-order valence-electron chi connectivity index (χ3n) is 2.26. The first-order valence-electron chi connectivity index (χ1n) is 5.16. The first-order valence-corrected chi connectivity index (χ1v) is 5.16. The topological polar surface area (TPSA) is 44.9 Å². The Morgan fingerprint density at radius 3 is 2.94 bits per heavy atom.